The third kappa shape index (κ3) is 4.06. The number of rotatable bonds is 6. The molecule has 3 aromatic rings. The summed E-state index contributed by atoms with van der Waals surface area (Å²) in [6.45, 7) is 2.96. The Morgan fingerprint density at radius 2 is 1.73 bits per heavy atom. The van der Waals surface area contributed by atoms with Crippen LogP contribution in [0.2, 0.25) is 0 Å². The van der Waals surface area contributed by atoms with Crippen molar-refractivity contribution in [2.75, 3.05) is 11.4 Å². The lowest BCUT2D eigenvalue weighted by atomic mass is 10.2. The number of pyridine rings is 1. The molecule has 0 aliphatic heterocycles. The van der Waals surface area contributed by atoms with Gasteiger partial charge in [0, 0.05) is 24.3 Å². The van der Waals surface area contributed by atoms with Crippen molar-refractivity contribution in [1.82, 2.24) is 10.3 Å². The van der Waals surface area contributed by atoms with E-state index in [9.17, 15) is 9.18 Å². The summed E-state index contributed by atoms with van der Waals surface area (Å²) in [5.41, 5.74) is 2.71. The summed E-state index contributed by atoms with van der Waals surface area (Å²) in [6.07, 6.45) is 1.68. The first-order chi connectivity index (χ1) is 12.7. The van der Waals surface area contributed by atoms with Gasteiger partial charge in [-0.1, -0.05) is 36.4 Å². The molecule has 1 aromatic heterocycles. The molecule has 0 aliphatic rings. The summed E-state index contributed by atoms with van der Waals surface area (Å²) in [4.78, 5) is 18.6. The summed E-state index contributed by atoms with van der Waals surface area (Å²) in [7, 11) is 0. The molecule has 0 bridgehead atoms. The summed E-state index contributed by atoms with van der Waals surface area (Å²) >= 11 is 0. The van der Waals surface area contributed by atoms with Crippen LogP contribution in [0.25, 0.3) is 0 Å². The van der Waals surface area contributed by atoms with Gasteiger partial charge in [-0.05, 0) is 37.3 Å². The van der Waals surface area contributed by atoms with Crippen molar-refractivity contribution in [1.29, 1.82) is 0 Å². The molecule has 0 saturated heterocycles. The van der Waals surface area contributed by atoms with E-state index in [1.807, 2.05) is 36.4 Å². The fraction of sp³-hybridized carbons (Fsp3) is 0.143. The van der Waals surface area contributed by atoms with Gasteiger partial charge in [-0.2, -0.15) is 0 Å². The van der Waals surface area contributed by atoms with Crippen LogP contribution in [-0.2, 0) is 6.54 Å². The van der Waals surface area contributed by atoms with Gasteiger partial charge in [0.05, 0.1) is 11.9 Å². The number of carbonyl (C=O) groups is 1. The minimum atomic E-state index is -0.336. The Morgan fingerprint density at radius 3 is 2.38 bits per heavy atom. The molecule has 1 N–H and O–H groups in total. The lowest BCUT2D eigenvalue weighted by Crippen LogP contribution is -2.24. The Balaban J connectivity index is 1.68. The molecule has 4 nitrogen and oxygen atoms in total. The molecule has 1 amide bonds. The highest BCUT2D eigenvalue weighted by atomic mass is 19.1. The summed E-state index contributed by atoms with van der Waals surface area (Å²) in [6, 6.07) is 19.9. The Morgan fingerprint density at radius 1 is 1.00 bits per heavy atom. The molecule has 0 atom stereocenters. The maximum atomic E-state index is 13.6. The number of aromatic nitrogens is 1. The van der Waals surface area contributed by atoms with Crippen LogP contribution < -0.4 is 10.2 Å². The zero-order valence-electron chi connectivity index (χ0n) is 14.5. The number of hydrogen-bond acceptors (Lipinski definition) is 3. The van der Waals surface area contributed by atoms with Crippen molar-refractivity contribution in [3.63, 3.8) is 0 Å². The van der Waals surface area contributed by atoms with E-state index >= 15 is 0 Å². The molecule has 0 unspecified atom stereocenters. The highest BCUT2D eigenvalue weighted by Gasteiger charge is 2.11. The minimum absolute atomic E-state index is 0.125. The van der Waals surface area contributed by atoms with E-state index < -0.39 is 0 Å². The van der Waals surface area contributed by atoms with Crippen molar-refractivity contribution in [3.05, 3.63) is 90.0 Å². The van der Waals surface area contributed by atoms with E-state index in [-0.39, 0.29) is 18.3 Å². The normalized spacial score (nSPS) is 10.4. The number of hydrogen-bond donors (Lipinski definition) is 1. The average molecular weight is 349 g/mol. The van der Waals surface area contributed by atoms with Gasteiger partial charge in [0.1, 0.15) is 11.5 Å². The van der Waals surface area contributed by atoms with Crippen molar-refractivity contribution in [2.45, 2.75) is 13.5 Å². The second kappa shape index (κ2) is 8.25. The number of nitrogens with one attached hydrogen (secondary N) is 1. The summed E-state index contributed by atoms with van der Waals surface area (Å²) in [5.74, 6) is -0.667. The minimum Gasteiger partial charge on any atom is -0.347 e. The zero-order valence-corrected chi connectivity index (χ0v) is 14.5. The fourth-order valence-corrected chi connectivity index (χ4v) is 2.71. The molecule has 5 heteroatoms. The molecule has 0 fully saturated rings. The van der Waals surface area contributed by atoms with E-state index in [0.29, 0.717) is 11.3 Å². The van der Waals surface area contributed by atoms with E-state index in [0.717, 1.165) is 17.9 Å². The number of benzene rings is 2. The highest BCUT2D eigenvalue weighted by molar-refractivity contribution is 5.92. The predicted octanol–water partition coefficient (Wildman–Crippen LogP) is 4.31. The van der Waals surface area contributed by atoms with Crippen LogP contribution in [0.4, 0.5) is 15.8 Å². The summed E-state index contributed by atoms with van der Waals surface area (Å²) < 4.78 is 13.6. The molecule has 132 valence electrons. The van der Waals surface area contributed by atoms with Crippen LogP contribution in [-0.4, -0.2) is 17.4 Å². The van der Waals surface area contributed by atoms with E-state index in [2.05, 4.69) is 22.1 Å². The van der Waals surface area contributed by atoms with E-state index in [4.69, 9.17) is 0 Å². The van der Waals surface area contributed by atoms with Crippen LogP contribution >= 0.6 is 0 Å². The maximum absolute atomic E-state index is 13.6. The van der Waals surface area contributed by atoms with Gasteiger partial charge in [0.25, 0.3) is 5.91 Å². The Bertz CT molecular complexity index is 866. The number of carbonyl (C=O) groups excluding carboxylic acids is 1. The van der Waals surface area contributed by atoms with Crippen LogP contribution in [0.3, 0.4) is 0 Å². The predicted molar refractivity (Wildman–Crippen MR) is 101 cm³/mol. The van der Waals surface area contributed by atoms with Crippen molar-refractivity contribution in [3.8, 4) is 0 Å². The number of para-hydroxylation sites is 1. The van der Waals surface area contributed by atoms with Gasteiger partial charge < -0.3 is 10.2 Å². The zero-order chi connectivity index (χ0) is 18.4. The molecule has 26 heavy (non-hydrogen) atoms. The Labute approximate surface area is 152 Å². The van der Waals surface area contributed by atoms with Gasteiger partial charge in [0.2, 0.25) is 0 Å². The molecular weight excluding hydrogens is 329 g/mol. The lowest BCUT2D eigenvalue weighted by Gasteiger charge is -2.22. The van der Waals surface area contributed by atoms with E-state index in [1.54, 1.807) is 30.5 Å². The van der Waals surface area contributed by atoms with Crippen LogP contribution in [0.5, 0.6) is 0 Å². The van der Waals surface area contributed by atoms with Crippen molar-refractivity contribution in [2.24, 2.45) is 0 Å². The average Bonchev–Trinajstić information content (AvgIpc) is 2.69. The van der Waals surface area contributed by atoms with Crippen LogP contribution in [0.1, 0.15) is 23.0 Å². The van der Waals surface area contributed by atoms with E-state index in [1.165, 1.54) is 6.07 Å². The lowest BCUT2D eigenvalue weighted by molar-refractivity contribution is 0.0945. The van der Waals surface area contributed by atoms with Crippen molar-refractivity contribution < 1.29 is 9.18 Å². The van der Waals surface area contributed by atoms with Crippen LogP contribution in [0.15, 0.2) is 72.9 Å². The number of halogens is 1. The third-order valence-electron chi connectivity index (χ3n) is 4.07. The second-order valence-electron chi connectivity index (χ2n) is 5.76. The first kappa shape index (κ1) is 17.6. The number of amides is 1. The smallest absolute Gasteiger partial charge is 0.270 e. The topological polar surface area (TPSA) is 45.2 Å². The SMILES string of the molecule is CCN(c1ccccc1)c1ccc(C(=O)NCc2ccccc2F)nc1. The monoisotopic (exact) mass is 349 g/mol. The fourth-order valence-electron chi connectivity index (χ4n) is 2.71. The molecule has 0 saturated carbocycles. The molecule has 0 aliphatic carbocycles. The van der Waals surface area contributed by atoms with Gasteiger partial charge in [0.15, 0.2) is 0 Å². The van der Waals surface area contributed by atoms with Gasteiger partial charge in [-0.25, -0.2) is 9.37 Å². The largest absolute Gasteiger partial charge is 0.347 e. The van der Waals surface area contributed by atoms with Crippen molar-refractivity contribution >= 4 is 17.3 Å². The van der Waals surface area contributed by atoms with Crippen LogP contribution in [0, 0.1) is 5.82 Å². The quantitative estimate of drug-likeness (QED) is 0.721. The maximum Gasteiger partial charge on any atom is 0.270 e. The first-order valence-electron chi connectivity index (χ1n) is 8.49. The molecule has 1 heterocycles. The molecule has 0 radical (unpaired) electrons. The van der Waals surface area contributed by atoms with Gasteiger partial charge in [-0.15, -0.1) is 0 Å². The molecular formula is C21H20FN3O. The summed E-state index contributed by atoms with van der Waals surface area (Å²) in [5, 5.41) is 2.70. The number of anilines is 2. The highest BCUT2D eigenvalue weighted by Crippen LogP contribution is 2.24. The Kier molecular flexibility index (Phi) is 5.59. The third-order valence-corrected chi connectivity index (χ3v) is 4.07. The van der Waals surface area contributed by atoms with Gasteiger partial charge >= 0.3 is 0 Å². The Hall–Kier alpha value is -3.21. The first-order valence-corrected chi connectivity index (χ1v) is 8.49. The second-order valence-corrected chi connectivity index (χ2v) is 5.76. The number of nitrogens with zero attached hydrogens (tertiary/aromatic N) is 2. The standard InChI is InChI=1S/C21H20FN3O/c1-2-25(17-9-4-3-5-10-17)18-12-13-20(23-15-18)21(26)24-14-16-8-6-7-11-19(16)22/h3-13,15H,2,14H2,1H3,(H,24,26). The molecule has 0 spiro atoms. The van der Waals surface area contributed by atoms with Gasteiger partial charge in [-0.3, -0.25) is 4.79 Å². The molecule has 2 aromatic carbocycles. The molecule has 3 rings (SSSR count).